The van der Waals surface area contributed by atoms with Crippen LogP contribution in [-0.4, -0.2) is 32.9 Å². The lowest BCUT2D eigenvalue weighted by atomic mass is 9.85. The number of hydrogen-bond acceptors (Lipinski definition) is 7. The maximum Gasteiger partial charge on any atom is 0.319 e. The quantitative estimate of drug-likeness (QED) is 0.141. The summed E-state index contributed by atoms with van der Waals surface area (Å²) < 4.78 is 0. The van der Waals surface area contributed by atoms with Crippen LogP contribution in [0, 0.1) is 16.2 Å². The maximum absolute atomic E-state index is 8.35. The molecule has 6 N–H and O–H groups in total. The van der Waals surface area contributed by atoms with Crippen molar-refractivity contribution < 1.29 is 29.1 Å². The Labute approximate surface area is 195 Å². The predicted octanol–water partition coefficient (Wildman–Crippen LogP) is 3.76. The number of hydrogen-bond donors (Lipinski definition) is 6. The van der Waals surface area contributed by atoms with Crippen LogP contribution in [0.15, 0.2) is 91.0 Å². The van der Waals surface area contributed by atoms with Crippen molar-refractivity contribution in [2.75, 3.05) is 0 Å². The molecule has 0 spiro atoms. The Morgan fingerprint density at radius 3 is 0.879 bits per heavy atom. The van der Waals surface area contributed by atoms with E-state index >= 15 is 0 Å². The molecule has 11 heteroatoms. The Bertz CT molecular complexity index is 915. The number of benzene rings is 3. The third-order valence-corrected chi connectivity index (χ3v) is 3.40. The fraction of sp³-hybridized carbons (Fsp3) is 0.0455. The van der Waals surface area contributed by atoms with Crippen LogP contribution < -0.4 is 0 Å². The van der Waals surface area contributed by atoms with Crippen molar-refractivity contribution in [2.24, 2.45) is 0 Å². The average molecular weight is 487 g/mol. The number of nitrogens with one attached hydrogen (secondary N) is 3. The molecule has 0 amide bonds. The predicted molar refractivity (Wildman–Crippen MR) is 126 cm³/mol. The Balaban J connectivity index is 0. The van der Waals surface area contributed by atoms with Gasteiger partial charge in [0.05, 0.1) is 0 Å². The second-order valence-electron chi connectivity index (χ2n) is 5.48. The van der Waals surface area contributed by atoms with Crippen LogP contribution in [0.2, 0.25) is 0 Å². The molecule has 9 nitrogen and oxygen atoms in total. The van der Waals surface area contributed by atoms with Crippen molar-refractivity contribution in [3.8, 4) is 0 Å². The van der Waals surface area contributed by atoms with Crippen molar-refractivity contribution >= 4 is 36.8 Å². The summed E-state index contributed by atoms with van der Waals surface area (Å²) in [7, 11) is 0. The molecule has 33 heavy (non-hydrogen) atoms. The number of rotatable bonds is 3. The Hall–Kier alpha value is -3.67. The lowest BCUT2D eigenvalue weighted by molar-refractivity contribution is 0.363. The molecule has 0 aliphatic heterocycles. The van der Waals surface area contributed by atoms with Gasteiger partial charge in [-0.25, -0.2) is 30.6 Å². The van der Waals surface area contributed by atoms with Gasteiger partial charge in [0.2, 0.25) is 18.2 Å². The van der Waals surface area contributed by atoms with Crippen LogP contribution in [0.5, 0.6) is 0 Å². The van der Waals surface area contributed by atoms with Gasteiger partial charge in [0.15, 0.2) is 0 Å². The van der Waals surface area contributed by atoms with E-state index in [1.807, 2.05) is 0 Å². The summed E-state index contributed by atoms with van der Waals surface area (Å²) in [6.45, 7) is -3.81. The fourth-order valence-corrected chi connectivity index (χ4v) is 2.51. The SMILES string of the molecule is N=C=O.N=C=O.N=C=O.OP(O)(O)=S.c1ccc(C(c2ccccc2)c2ccccc2)cc1. The van der Waals surface area contributed by atoms with Gasteiger partial charge in [0.1, 0.15) is 0 Å². The lowest BCUT2D eigenvalue weighted by Crippen LogP contribution is -2.02. The zero-order chi connectivity index (χ0) is 25.5. The maximum atomic E-state index is 8.35. The molecule has 0 aromatic heterocycles. The molecule has 3 aromatic carbocycles. The van der Waals surface area contributed by atoms with Crippen molar-refractivity contribution in [3.63, 3.8) is 0 Å². The molecule has 3 aromatic rings. The summed E-state index contributed by atoms with van der Waals surface area (Å²) in [5.41, 5.74) is 4.00. The Morgan fingerprint density at radius 1 is 0.576 bits per heavy atom. The fourth-order valence-electron chi connectivity index (χ4n) is 2.51. The van der Waals surface area contributed by atoms with Crippen LogP contribution in [-0.2, 0) is 26.2 Å². The summed E-state index contributed by atoms with van der Waals surface area (Å²) in [5.74, 6) is 0.309. The molecule has 0 atom stereocenters. The summed E-state index contributed by atoms with van der Waals surface area (Å²) in [5, 5.41) is 16.2. The van der Waals surface area contributed by atoms with Crippen LogP contribution in [0.25, 0.3) is 0 Å². The van der Waals surface area contributed by atoms with Crippen molar-refractivity contribution in [2.45, 2.75) is 5.92 Å². The molecule has 0 aliphatic rings. The number of isocyanates is 3. The summed E-state index contributed by atoms with van der Waals surface area (Å²) in [6.07, 6.45) is 2.25. The van der Waals surface area contributed by atoms with Gasteiger partial charge in [-0.05, 0) is 28.5 Å². The van der Waals surface area contributed by atoms with Crippen molar-refractivity contribution in [3.05, 3.63) is 108 Å². The van der Waals surface area contributed by atoms with Gasteiger partial charge in [-0.1, -0.05) is 91.0 Å². The average Bonchev–Trinajstić information content (AvgIpc) is 2.77. The highest BCUT2D eigenvalue weighted by Gasteiger charge is 2.15. The topological polar surface area (TPSA) is 183 Å². The molecule has 0 heterocycles. The Morgan fingerprint density at radius 2 is 0.727 bits per heavy atom. The molecule has 172 valence electrons. The third-order valence-electron chi connectivity index (χ3n) is 3.40. The van der Waals surface area contributed by atoms with Crippen LogP contribution in [0.1, 0.15) is 22.6 Å². The first kappa shape index (κ1) is 31.5. The van der Waals surface area contributed by atoms with E-state index in [0.717, 1.165) is 18.2 Å². The molecular formula is C22H22N3O6PS. The van der Waals surface area contributed by atoms with Gasteiger partial charge >= 0.3 is 6.72 Å². The van der Waals surface area contributed by atoms with Crippen LogP contribution in [0.4, 0.5) is 0 Å². The van der Waals surface area contributed by atoms with Gasteiger partial charge in [0, 0.05) is 5.92 Å². The smallest absolute Gasteiger partial charge is 0.319 e. The molecule has 3 rings (SSSR count). The van der Waals surface area contributed by atoms with Gasteiger partial charge in [0.25, 0.3) is 0 Å². The second kappa shape index (κ2) is 20.2. The lowest BCUT2D eigenvalue weighted by Gasteiger charge is -2.18. The monoisotopic (exact) mass is 487 g/mol. The molecule has 0 bridgehead atoms. The second-order valence-corrected chi connectivity index (χ2v) is 7.98. The standard InChI is InChI=1S/C19H16.3CHNO.H3O3PS/c1-4-10-16(11-5-1)19(17-12-6-2-7-13-17)18-14-8-3-9-15-18;3*2-1-3;1-4(2,3)5/h1-15,19H;3*2H;(H3,1,2,3,5). The molecular weight excluding hydrogens is 465 g/mol. The molecule has 0 aliphatic carbocycles. The zero-order valence-corrected chi connectivity index (χ0v) is 18.9. The van der Waals surface area contributed by atoms with E-state index in [2.05, 4.69) is 103 Å². The van der Waals surface area contributed by atoms with Crippen molar-refractivity contribution in [1.29, 1.82) is 16.2 Å². The minimum Gasteiger partial charge on any atom is -0.325 e. The minimum absolute atomic E-state index is 0.309. The van der Waals surface area contributed by atoms with Crippen LogP contribution in [0.3, 0.4) is 0 Å². The van der Waals surface area contributed by atoms with E-state index in [1.54, 1.807) is 0 Å². The largest absolute Gasteiger partial charge is 0.325 e. The van der Waals surface area contributed by atoms with Crippen molar-refractivity contribution in [1.82, 2.24) is 0 Å². The normalized spacial score (nSPS) is 8.61. The molecule has 0 fully saturated rings. The van der Waals surface area contributed by atoms with Gasteiger partial charge in [-0.2, -0.15) is 0 Å². The summed E-state index contributed by atoms with van der Waals surface area (Å²) in [6, 6.07) is 32.0. The van der Waals surface area contributed by atoms with E-state index in [4.69, 9.17) is 45.3 Å². The molecule has 0 radical (unpaired) electrons. The van der Waals surface area contributed by atoms with E-state index in [1.165, 1.54) is 16.7 Å². The molecule has 0 saturated heterocycles. The highest BCUT2D eigenvalue weighted by atomic mass is 32.5. The first-order valence-electron chi connectivity index (χ1n) is 8.74. The third kappa shape index (κ3) is 18.8. The van der Waals surface area contributed by atoms with Crippen LogP contribution >= 0.6 is 6.72 Å². The van der Waals surface area contributed by atoms with Gasteiger partial charge < -0.3 is 14.7 Å². The Kier molecular flexibility index (Phi) is 19.3. The highest BCUT2D eigenvalue weighted by Crippen LogP contribution is 2.31. The first-order valence-corrected chi connectivity index (χ1v) is 11.4. The van der Waals surface area contributed by atoms with E-state index in [-0.39, 0.29) is 0 Å². The zero-order valence-electron chi connectivity index (χ0n) is 17.2. The minimum atomic E-state index is -3.81. The summed E-state index contributed by atoms with van der Waals surface area (Å²) in [4.78, 5) is 47.7. The van der Waals surface area contributed by atoms with Gasteiger partial charge in [-0.3, -0.25) is 0 Å². The molecule has 0 saturated carbocycles. The highest BCUT2D eigenvalue weighted by molar-refractivity contribution is 8.06. The van der Waals surface area contributed by atoms with E-state index < -0.39 is 6.72 Å². The van der Waals surface area contributed by atoms with E-state index in [0.29, 0.717) is 5.92 Å². The first-order chi connectivity index (χ1) is 15.7. The summed E-state index contributed by atoms with van der Waals surface area (Å²) >= 11 is 3.60. The number of carbonyl (C=O) groups excluding carboxylic acids is 3. The van der Waals surface area contributed by atoms with Gasteiger partial charge in [-0.15, -0.1) is 0 Å². The molecule has 0 unspecified atom stereocenters. The van der Waals surface area contributed by atoms with E-state index in [9.17, 15) is 0 Å².